The van der Waals surface area contributed by atoms with E-state index in [9.17, 15) is 14.4 Å². The third kappa shape index (κ3) is 4.92. The number of benzene rings is 2. The van der Waals surface area contributed by atoms with Crippen molar-refractivity contribution in [2.24, 2.45) is 0 Å². The first-order valence-corrected chi connectivity index (χ1v) is 9.16. The van der Waals surface area contributed by atoms with Crippen LogP contribution in [0.3, 0.4) is 0 Å². The Morgan fingerprint density at radius 3 is 2.61 bits per heavy atom. The molecule has 0 aliphatic rings. The van der Waals surface area contributed by atoms with Gasteiger partial charge in [0, 0.05) is 16.1 Å². The molecule has 0 aliphatic heterocycles. The van der Waals surface area contributed by atoms with Crippen molar-refractivity contribution in [2.75, 3.05) is 18.5 Å². The van der Waals surface area contributed by atoms with Crippen LogP contribution in [-0.4, -0.2) is 35.9 Å². The van der Waals surface area contributed by atoms with Gasteiger partial charge in [-0.1, -0.05) is 24.3 Å². The van der Waals surface area contributed by atoms with Crippen molar-refractivity contribution < 1.29 is 19.1 Å². The fourth-order valence-electron chi connectivity index (χ4n) is 2.48. The van der Waals surface area contributed by atoms with Crippen LogP contribution in [-0.2, 0) is 14.3 Å². The first kappa shape index (κ1) is 19.5. The first-order chi connectivity index (χ1) is 13.5. The third-order valence-electron chi connectivity index (χ3n) is 3.79. The first-order valence-electron chi connectivity index (χ1n) is 8.36. The Morgan fingerprint density at radius 2 is 1.79 bits per heavy atom. The molecule has 7 nitrogen and oxygen atoms in total. The lowest BCUT2D eigenvalue weighted by Crippen LogP contribution is -2.35. The SMILES string of the molecule is O=C(COC(=O)c1cccc2ncccc12)NCC(=O)Nc1ccccc1Br. The van der Waals surface area contributed by atoms with Gasteiger partial charge in [0.1, 0.15) is 0 Å². The Kier molecular flexibility index (Phi) is 6.33. The van der Waals surface area contributed by atoms with Crippen molar-refractivity contribution in [3.8, 4) is 0 Å². The van der Waals surface area contributed by atoms with Crippen LogP contribution in [0.25, 0.3) is 10.9 Å². The number of fused-ring (bicyclic) bond motifs is 1. The average molecular weight is 442 g/mol. The molecule has 1 heterocycles. The Morgan fingerprint density at radius 1 is 0.964 bits per heavy atom. The van der Waals surface area contributed by atoms with Crippen molar-refractivity contribution >= 4 is 50.3 Å². The maximum Gasteiger partial charge on any atom is 0.339 e. The monoisotopic (exact) mass is 441 g/mol. The highest BCUT2D eigenvalue weighted by molar-refractivity contribution is 9.10. The summed E-state index contributed by atoms with van der Waals surface area (Å²) in [6.07, 6.45) is 1.63. The highest BCUT2D eigenvalue weighted by Gasteiger charge is 2.14. The molecule has 2 aromatic carbocycles. The summed E-state index contributed by atoms with van der Waals surface area (Å²) in [5.41, 5.74) is 1.58. The topological polar surface area (TPSA) is 97.4 Å². The summed E-state index contributed by atoms with van der Waals surface area (Å²) in [4.78, 5) is 40.2. The van der Waals surface area contributed by atoms with E-state index < -0.39 is 24.4 Å². The molecule has 0 saturated carbocycles. The summed E-state index contributed by atoms with van der Waals surface area (Å²) in [6, 6.07) is 15.7. The zero-order chi connectivity index (χ0) is 19.9. The predicted octanol–water partition coefficient (Wildman–Crippen LogP) is 2.91. The zero-order valence-corrected chi connectivity index (χ0v) is 16.2. The molecule has 0 spiro atoms. The third-order valence-corrected chi connectivity index (χ3v) is 4.49. The Balaban J connectivity index is 1.49. The minimum Gasteiger partial charge on any atom is -0.452 e. The van der Waals surface area contributed by atoms with E-state index in [4.69, 9.17) is 4.74 Å². The maximum absolute atomic E-state index is 12.3. The Bertz CT molecular complexity index is 1030. The van der Waals surface area contributed by atoms with Gasteiger partial charge in [-0.15, -0.1) is 0 Å². The van der Waals surface area contributed by atoms with Crippen molar-refractivity contribution in [1.82, 2.24) is 10.3 Å². The summed E-state index contributed by atoms with van der Waals surface area (Å²) in [5, 5.41) is 5.71. The van der Waals surface area contributed by atoms with E-state index >= 15 is 0 Å². The number of hydrogen-bond donors (Lipinski definition) is 2. The van der Waals surface area contributed by atoms with Crippen LogP contribution in [0.2, 0.25) is 0 Å². The Hall–Kier alpha value is -3.26. The maximum atomic E-state index is 12.3. The van der Waals surface area contributed by atoms with Crippen LogP contribution < -0.4 is 10.6 Å². The number of halogens is 1. The predicted molar refractivity (Wildman–Crippen MR) is 108 cm³/mol. The number of rotatable bonds is 6. The number of carbonyl (C=O) groups excluding carboxylic acids is 3. The molecule has 142 valence electrons. The molecule has 0 fully saturated rings. The fraction of sp³-hybridized carbons (Fsp3) is 0.100. The van der Waals surface area contributed by atoms with E-state index in [0.717, 1.165) is 4.47 Å². The number of esters is 1. The molecule has 8 heteroatoms. The van der Waals surface area contributed by atoms with Crippen LogP contribution in [0.1, 0.15) is 10.4 Å². The highest BCUT2D eigenvalue weighted by Crippen LogP contribution is 2.21. The molecule has 0 saturated heterocycles. The molecule has 3 rings (SSSR count). The number of pyridine rings is 1. The zero-order valence-electron chi connectivity index (χ0n) is 14.6. The standard InChI is InChI=1S/C20H16BrN3O4/c21-15-7-1-2-8-17(15)24-18(25)11-23-19(26)12-28-20(27)14-5-3-9-16-13(14)6-4-10-22-16/h1-10H,11-12H2,(H,23,26)(H,24,25). The molecule has 0 aliphatic carbocycles. The van der Waals surface area contributed by atoms with Crippen LogP contribution in [0.5, 0.6) is 0 Å². The fourth-order valence-corrected chi connectivity index (χ4v) is 2.86. The number of anilines is 1. The highest BCUT2D eigenvalue weighted by atomic mass is 79.9. The number of carbonyl (C=O) groups is 3. The summed E-state index contributed by atoms with van der Waals surface area (Å²) in [6.45, 7) is -0.728. The molecule has 0 unspecified atom stereocenters. The molecule has 0 radical (unpaired) electrons. The number of hydrogen-bond acceptors (Lipinski definition) is 5. The van der Waals surface area contributed by atoms with Crippen molar-refractivity contribution in [2.45, 2.75) is 0 Å². The summed E-state index contributed by atoms with van der Waals surface area (Å²) in [5.74, 6) is -1.60. The number of para-hydroxylation sites is 1. The minimum atomic E-state index is -0.633. The second-order valence-corrected chi connectivity index (χ2v) is 6.61. The Labute approximate surface area is 169 Å². The van der Waals surface area contributed by atoms with E-state index in [1.54, 1.807) is 54.7 Å². The normalized spacial score (nSPS) is 10.3. The summed E-state index contributed by atoms with van der Waals surface area (Å²) >= 11 is 3.32. The summed E-state index contributed by atoms with van der Waals surface area (Å²) < 4.78 is 5.78. The molecule has 0 atom stereocenters. The second kappa shape index (κ2) is 9.09. The smallest absolute Gasteiger partial charge is 0.339 e. The number of nitrogens with one attached hydrogen (secondary N) is 2. The summed E-state index contributed by atoms with van der Waals surface area (Å²) in [7, 11) is 0. The van der Waals surface area contributed by atoms with Crippen molar-refractivity contribution in [3.63, 3.8) is 0 Å². The van der Waals surface area contributed by atoms with Gasteiger partial charge in [-0.2, -0.15) is 0 Å². The molecular weight excluding hydrogens is 426 g/mol. The van der Waals surface area contributed by atoms with E-state index in [2.05, 4.69) is 31.5 Å². The van der Waals surface area contributed by atoms with Crippen LogP contribution >= 0.6 is 15.9 Å². The minimum absolute atomic E-state index is 0.240. The van der Waals surface area contributed by atoms with Crippen molar-refractivity contribution in [3.05, 3.63) is 70.8 Å². The molecule has 1 aromatic heterocycles. The molecule has 0 bridgehead atoms. The lowest BCUT2D eigenvalue weighted by Gasteiger charge is -2.09. The van der Waals surface area contributed by atoms with Gasteiger partial charge in [-0.05, 0) is 46.3 Å². The van der Waals surface area contributed by atoms with Gasteiger partial charge in [0.05, 0.1) is 23.3 Å². The van der Waals surface area contributed by atoms with Crippen LogP contribution in [0.15, 0.2) is 65.3 Å². The van der Waals surface area contributed by atoms with Gasteiger partial charge in [-0.25, -0.2) is 4.79 Å². The second-order valence-electron chi connectivity index (χ2n) is 5.76. The van der Waals surface area contributed by atoms with E-state index in [0.29, 0.717) is 22.2 Å². The molecule has 2 N–H and O–H groups in total. The van der Waals surface area contributed by atoms with Gasteiger partial charge >= 0.3 is 5.97 Å². The van der Waals surface area contributed by atoms with Gasteiger partial charge in [0.15, 0.2) is 6.61 Å². The number of ether oxygens (including phenoxy) is 1. The average Bonchev–Trinajstić information content (AvgIpc) is 2.71. The van der Waals surface area contributed by atoms with E-state index in [1.165, 1.54) is 0 Å². The largest absolute Gasteiger partial charge is 0.452 e. The van der Waals surface area contributed by atoms with Crippen molar-refractivity contribution in [1.29, 1.82) is 0 Å². The van der Waals surface area contributed by atoms with Gasteiger partial charge in [0.25, 0.3) is 5.91 Å². The van der Waals surface area contributed by atoms with Crippen LogP contribution in [0.4, 0.5) is 5.69 Å². The lowest BCUT2D eigenvalue weighted by molar-refractivity contribution is -0.126. The van der Waals surface area contributed by atoms with Gasteiger partial charge in [-0.3, -0.25) is 14.6 Å². The van der Waals surface area contributed by atoms with Gasteiger partial charge < -0.3 is 15.4 Å². The number of amides is 2. The number of nitrogens with zero attached hydrogens (tertiary/aromatic N) is 1. The lowest BCUT2D eigenvalue weighted by atomic mass is 10.1. The molecule has 3 aromatic rings. The molecule has 2 amide bonds. The number of aromatic nitrogens is 1. The molecular formula is C20H16BrN3O4. The van der Waals surface area contributed by atoms with E-state index in [-0.39, 0.29) is 6.54 Å². The van der Waals surface area contributed by atoms with Crippen LogP contribution in [0, 0.1) is 0 Å². The van der Waals surface area contributed by atoms with Gasteiger partial charge in [0.2, 0.25) is 5.91 Å². The quantitative estimate of drug-likeness (QED) is 0.573. The van der Waals surface area contributed by atoms with E-state index in [1.807, 2.05) is 6.07 Å². The molecule has 28 heavy (non-hydrogen) atoms.